The molecule has 4 aromatic rings. The molecule has 35 heavy (non-hydrogen) atoms. The summed E-state index contributed by atoms with van der Waals surface area (Å²) in [7, 11) is 0. The quantitative estimate of drug-likeness (QED) is 0.317. The van der Waals surface area contributed by atoms with E-state index in [1.54, 1.807) is 0 Å². The zero-order chi connectivity index (χ0) is 25.0. The molecule has 2 aromatic heterocycles. The average Bonchev–Trinajstić information content (AvgIpc) is 2.93. The number of ether oxygens (including phenoxy) is 1. The van der Waals surface area contributed by atoms with Crippen LogP contribution in [0.4, 0.5) is 0 Å². The lowest BCUT2D eigenvalue weighted by molar-refractivity contribution is 0.125. The predicted molar refractivity (Wildman–Crippen MR) is 140 cm³/mol. The van der Waals surface area contributed by atoms with Crippen LogP contribution in [-0.4, -0.2) is 19.9 Å². The third kappa shape index (κ3) is 3.70. The fourth-order valence-electron chi connectivity index (χ4n) is 5.14. The zero-order valence-corrected chi connectivity index (χ0v) is 21.5. The molecule has 5 nitrogen and oxygen atoms in total. The highest BCUT2D eigenvalue weighted by atomic mass is 16.5. The number of rotatable bonds is 4. The van der Waals surface area contributed by atoms with Gasteiger partial charge in [-0.1, -0.05) is 71.9 Å². The van der Waals surface area contributed by atoms with E-state index >= 15 is 0 Å². The van der Waals surface area contributed by atoms with Crippen LogP contribution in [0.2, 0.25) is 0 Å². The van der Waals surface area contributed by atoms with Crippen molar-refractivity contribution in [2.24, 2.45) is 5.41 Å². The molecule has 1 aliphatic rings. The summed E-state index contributed by atoms with van der Waals surface area (Å²) >= 11 is 0. The highest BCUT2D eigenvalue weighted by Crippen LogP contribution is 2.61. The Morgan fingerprint density at radius 3 is 2.06 bits per heavy atom. The molecule has 5 rings (SSSR count). The molecule has 5 heteroatoms. The van der Waals surface area contributed by atoms with Crippen molar-refractivity contribution in [2.75, 3.05) is 0 Å². The van der Waals surface area contributed by atoms with Gasteiger partial charge in [0.15, 0.2) is 5.82 Å². The normalized spacial score (nSPS) is 17.1. The third-order valence-corrected chi connectivity index (χ3v) is 8.49. The smallest absolute Gasteiger partial charge is 0.325 e. The molecule has 0 amide bonds. The molecule has 0 N–H and O–H groups in total. The van der Waals surface area contributed by atoms with Gasteiger partial charge in [-0.3, -0.25) is 4.98 Å². The predicted octanol–water partition coefficient (Wildman–Crippen LogP) is 7.30. The van der Waals surface area contributed by atoms with Crippen LogP contribution in [0.3, 0.4) is 0 Å². The Hall–Kier alpha value is -3.60. The Kier molecular flexibility index (Phi) is 5.28. The maximum Gasteiger partial charge on any atom is 0.325 e. The van der Waals surface area contributed by atoms with Gasteiger partial charge in [0.05, 0.1) is 5.69 Å². The Morgan fingerprint density at radius 1 is 0.686 bits per heavy atom. The van der Waals surface area contributed by atoms with E-state index in [2.05, 4.69) is 74.7 Å². The van der Waals surface area contributed by atoms with E-state index in [1.165, 1.54) is 11.1 Å². The first-order valence-electron chi connectivity index (χ1n) is 12.1. The van der Waals surface area contributed by atoms with E-state index < -0.39 is 0 Å². The van der Waals surface area contributed by atoms with Gasteiger partial charge in [-0.25, -0.2) is 4.98 Å². The van der Waals surface area contributed by atoms with Gasteiger partial charge in [0, 0.05) is 17.3 Å². The number of pyridine rings is 1. The van der Waals surface area contributed by atoms with E-state index in [9.17, 15) is 0 Å². The Bertz CT molecular complexity index is 1390. The number of para-hydroxylation sites is 1. The fraction of sp³-hybridized carbons (Fsp3) is 0.333. The van der Waals surface area contributed by atoms with E-state index in [0.29, 0.717) is 17.4 Å². The second kappa shape index (κ2) is 7.98. The molecule has 2 aromatic carbocycles. The van der Waals surface area contributed by atoms with Gasteiger partial charge in [0.25, 0.3) is 0 Å². The molecule has 0 saturated heterocycles. The SMILES string of the molecule is Cc1nc(Oc2ccccc2)nc(-c2ccc(-c3ccc4c(c3)C(C)(C)C(C)(C)C4(C)C)nc2)n1. The molecular weight excluding hydrogens is 432 g/mol. The summed E-state index contributed by atoms with van der Waals surface area (Å²) in [6.45, 7) is 16.0. The molecule has 0 aliphatic heterocycles. The second-order valence-corrected chi connectivity index (χ2v) is 11.0. The lowest BCUT2D eigenvalue weighted by Crippen LogP contribution is -2.42. The Balaban J connectivity index is 1.46. The second-order valence-electron chi connectivity index (χ2n) is 11.0. The van der Waals surface area contributed by atoms with Gasteiger partial charge in [0.2, 0.25) is 0 Å². The molecule has 2 heterocycles. The number of nitrogens with zero attached hydrogens (tertiary/aromatic N) is 4. The van der Waals surface area contributed by atoms with Gasteiger partial charge in [-0.2, -0.15) is 9.97 Å². The molecule has 1 aliphatic carbocycles. The number of aryl methyl sites for hydroxylation is 1. The number of fused-ring (bicyclic) bond motifs is 1. The summed E-state index contributed by atoms with van der Waals surface area (Å²) in [6.07, 6.45) is 1.82. The molecule has 0 atom stereocenters. The van der Waals surface area contributed by atoms with Crippen LogP contribution in [0.25, 0.3) is 22.6 Å². The van der Waals surface area contributed by atoms with Crippen LogP contribution in [-0.2, 0) is 10.8 Å². The summed E-state index contributed by atoms with van der Waals surface area (Å²) in [4.78, 5) is 18.1. The Labute approximate surface area is 207 Å². The van der Waals surface area contributed by atoms with Crippen LogP contribution >= 0.6 is 0 Å². The third-order valence-electron chi connectivity index (χ3n) is 8.49. The van der Waals surface area contributed by atoms with Crippen molar-refractivity contribution in [3.05, 3.63) is 83.8 Å². The van der Waals surface area contributed by atoms with Crippen LogP contribution in [0, 0.1) is 12.3 Å². The van der Waals surface area contributed by atoms with Crippen molar-refractivity contribution in [2.45, 2.75) is 59.3 Å². The molecule has 0 unspecified atom stereocenters. The van der Waals surface area contributed by atoms with Gasteiger partial charge in [-0.15, -0.1) is 0 Å². The minimum Gasteiger partial charge on any atom is -0.424 e. The van der Waals surface area contributed by atoms with Gasteiger partial charge >= 0.3 is 6.01 Å². The first-order valence-corrected chi connectivity index (χ1v) is 12.1. The van der Waals surface area contributed by atoms with Crippen molar-refractivity contribution < 1.29 is 4.74 Å². The standard InChI is InChI=1S/C30H32N4O/c1-19-32-26(34-27(33-19)35-22-11-9-8-10-12-22)21-14-16-25(31-18-21)20-13-15-23-24(17-20)29(4,5)30(6,7)28(23,2)3/h8-18H,1-7H3. The van der Waals surface area contributed by atoms with E-state index in [1.807, 2.05) is 55.6 Å². The summed E-state index contributed by atoms with van der Waals surface area (Å²) < 4.78 is 5.83. The molecule has 0 saturated carbocycles. The van der Waals surface area contributed by atoms with Crippen LogP contribution in [0.5, 0.6) is 11.8 Å². The van der Waals surface area contributed by atoms with Gasteiger partial charge < -0.3 is 4.74 Å². The van der Waals surface area contributed by atoms with Crippen molar-refractivity contribution >= 4 is 0 Å². The molecular formula is C30H32N4O. The van der Waals surface area contributed by atoms with Crippen LogP contribution in [0.15, 0.2) is 66.9 Å². The summed E-state index contributed by atoms with van der Waals surface area (Å²) in [5, 5.41) is 0. The Morgan fingerprint density at radius 2 is 1.37 bits per heavy atom. The largest absolute Gasteiger partial charge is 0.424 e. The van der Waals surface area contributed by atoms with Crippen LogP contribution < -0.4 is 4.74 Å². The summed E-state index contributed by atoms with van der Waals surface area (Å²) in [6, 6.07) is 20.6. The molecule has 178 valence electrons. The lowest BCUT2D eigenvalue weighted by Gasteiger charge is -2.44. The number of aromatic nitrogens is 4. The number of benzene rings is 2. The molecule has 0 spiro atoms. The van der Waals surface area contributed by atoms with E-state index in [-0.39, 0.29) is 22.3 Å². The van der Waals surface area contributed by atoms with E-state index in [4.69, 9.17) is 9.72 Å². The maximum atomic E-state index is 5.83. The van der Waals surface area contributed by atoms with Gasteiger partial charge in [0.1, 0.15) is 11.6 Å². The van der Waals surface area contributed by atoms with Crippen LogP contribution in [0.1, 0.15) is 58.5 Å². The first kappa shape index (κ1) is 23.2. The summed E-state index contributed by atoms with van der Waals surface area (Å²) in [5.74, 6) is 1.82. The van der Waals surface area contributed by atoms with Crippen molar-refractivity contribution in [1.82, 2.24) is 19.9 Å². The average molecular weight is 465 g/mol. The fourth-order valence-corrected chi connectivity index (χ4v) is 5.14. The minimum absolute atomic E-state index is 0.0549. The highest BCUT2D eigenvalue weighted by Gasteiger charge is 2.56. The lowest BCUT2D eigenvalue weighted by atomic mass is 9.59. The van der Waals surface area contributed by atoms with E-state index in [0.717, 1.165) is 16.8 Å². The van der Waals surface area contributed by atoms with Gasteiger partial charge in [-0.05, 0) is 64.6 Å². The van der Waals surface area contributed by atoms with Crippen molar-refractivity contribution in [3.63, 3.8) is 0 Å². The maximum absolute atomic E-state index is 5.83. The highest BCUT2D eigenvalue weighted by molar-refractivity contribution is 5.66. The summed E-state index contributed by atoms with van der Waals surface area (Å²) in [5.41, 5.74) is 6.00. The number of hydrogen-bond donors (Lipinski definition) is 0. The zero-order valence-electron chi connectivity index (χ0n) is 21.5. The molecule has 0 bridgehead atoms. The molecule has 0 fully saturated rings. The monoisotopic (exact) mass is 464 g/mol. The minimum atomic E-state index is 0.0549. The van der Waals surface area contributed by atoms with Crippen molar-refractivity contribution in [1.29, 1.82) is 0 Å². The topological polar surface area (TPSA) is 60.8 Å². The van der Waals surface area contributed by atoms with Crippen molar-refractivity contribution in [3.8, 4) is 34.4 Å². The number of hydrogen-bond acceptors (Lipinski definition) is 5. The first-order chi connectivity index (χ1) is 16.5. The molecule has 0 radical (unpaired) electrons.